The van der Waals surface area contributed by atoms with Gasteiger partial charge in [-0.1, -0.05) is 24.3 Å². The number of thiazole rings is 1. The number of aryl methyl sites for hydroxylation is 1. The first-order chi connectivity index (χ1) is 12.3. The van der Waals surface area contributed by atoms with Gasteiger partial charge < -0.3 is 10.6 Å². The molecule has 0 aliphatic carbocycles. The maximum atomic E-state index is 4.50. The molecule has 138 valence electrons. The fraction of sp³-hybridized carbons (Fsp3) is 0.316. The standard InChI is InChI=1S/C19H23N5S.HI/c1-14-13-24-17(25-14)9-12-23-19(20-2)22-11-8-16-6-3-5-15-7-4-10-21-18(15)16;/h3-7,10,13H,8-9,11-12H2,1-2H3,(H2,20,22,23);1H. The third kappa shape index (κ3) is 5.63. The largest absolute Gasteiger partial charge is 0.356 e. The molecule has 0 aliphatic rings. The average molecular weight is 481 g/mol. The van der Waals surface area contributed by atoms with E-state index in [1.54, 1.807) is 18.4 Å². The van der Waals surface area contributed by atoms with Crippen LogP contribution in [0.15, 0.2) is 47.7 Å². The summed E-state index contributed by atoms with van der Waals surface area (Å²) in [6.07, 6.45) is 5.58. The van der Waals surface area contributed by atoms with E-state index < -0.39 is 0 Å². The number of fused-ring (bicyclic) bond motifs is 1. The van der Waals surface area contributed by atoms with Crippen LogP contribution in [0.1, 0.15) is 15.4 Å². The number of nitrogens with zero attached hydrogens (tertiary/aromatic N) is 3. The molecule has 3 aromatic rings. The van der Waals surface area contributed by atoms with E-state index in [-0.39, 0.29) is 24.0 Å². The van der Waals surface area contributed by atoms with Crippen LogP contribution in [-0.4, -0.2) is 36.1 Å². The van der Waals surface area contributed by atoms with Gasteiger partial charge in [0, 0.05) is 49.2 Å². The SMILES string of the molecule is CN=C(NCCc1ncc(C)s1)NCCc1cccc2cccnc12.I. The van der Waals surface area contributed by atoms with Crippen molar-refractivity contribution in [1.82, 2.24) is 20.6 Å². The maximum Gasteiger partial charge on any atom is 0.191 e. The van der Waals surface area contributed by atoms with Crippen LogP contribution in [0.25, 0.3) is 10.9 Å². The number of aromatic nitrogens is 2. The first kappa shape index (κ1) is 20.6. The van der Waals surface area contributed by atoms with Crippen LogP contribution in [0.3, 0.4) is 0 Å². The average Bonchev–Trinajstić information content (AvgIpc) is 3.05. The minimum atomic E-state index is 0. The van der Waals surface area contributed by atoms with Crippen molar-refractivity contribution >= 4 is 52.2 Å². The fourth-order valence-electron chi connectivity index (χ4n) is 2.71. The van der Waals surface area contributed by atoms with Crippen LogP contribution < -0.4 is 10.6 Å². The lowest BCUT2D eigenvalue weighted by Gasteiger charge is -2.12. The lowest BCUT2D eigenvalue weighted by molar-refractivity contribution is 0.783. The van der Waals surface area contributed by atoms with Crippen LogP contribution in [-0.2, 0) is 12.8 Å². The molecule has 2 aromatic heterocycles. The third-order valence-corrected chi connectivity index (χ3v) is 4.90. The van der Waals surface area contributed by atoms with E-state index in [0.717, 1.165) is 42.4 Å². The van der Waals surface area contributed by atoms with Gasteiger partial charge in [0.2, 0.25) is 0 Å². The van der Waals surface area contributed by atoms with E-state index >= 15 is 0 Å². The molecule has 0 spiro atoms. The molecular formula is C19H24IN5S. The van der Waals surface area contributed by atoms with Crippen LogP contribution in [0.4, 0.5) is 0 Å². The summed E-state index contributed by atoms with van der Waals surface area (Å²) in [5.41, 5.74) is 2.33. The molecule has 2 heterocycles. The Morgan fingerprint density at radius 1 is 1.08 bits per heavy atom. The summed E-state index contributed by atoms with van der Waals surface area (Å²) < 4.78 is 0. The molecule has 2 N–H and O–H groups in total. The molecule has 0 fully saturated rings. The van der Waals surface area contributed by atoms with E-state index in [4.69, 9.17) is 0 Å². The number of hydrogen-bond donors (Lipinski definition) is 2. The first-order valence-corrected chi connectivity index (χ1v) is 9.26. The van der Waals surface area contributed by atoms with Gasteiger partial charge in [0.25, 0.3) is 0 Å². The molecule has 0 atom stereocenters. The molecule has 0 amide bonds. The van der Waals surface area contributed by atoms with Gasteiger partial charge in [-0.05, 0) is 25.0 Å². The zero-order valence-electron chi connectivity index (χ0n) is 15.0. The van der Waals surface area contributed by atoms with Gasteiger partial charge in [-0.25, -0.2) is 4.98 Å². The Balaban J connectivity index is 0.00000243. The van der Waals surface area contributed by atoms with Gasteiger partial charge in [-0.15, -0.1) is 35.3 Å². The third-order valence-electron chi connectivity index (χ3n) is 3.93. The summed E-state index contributed by atoms with van der Waals surface area (Å²) in [6, 6.07) is 10.4. The van der Waals surface area contributed by atoms with Crippen molar-refractivity contribution in [3.05, 3.63) is 58.2 Å². The summed E-state index contributed by atoms with van der Waals surface area (Å²) >= 11 is 1.74. The molecule has 1 aromatic carbocycles. The molecule has 0 unspecified atom stereocenters. The first-order valence-electron chi connectivity index (χ1n) is 8.44. The van der Waals surface area contributed by atoms with E-state index in [1.165, 1.54) is 15.8 Å². The molecule has 5 nitrogen and oxygen atoms in total. The maximum absolute atomic E-state index is 4.50. The van der Waals surface area contributed by atoms with Crippen molar-refractivity contribution < 1.29 is 0 Å². The van der Waals surface area contributed by atoms with Crippen molar-refractivity contribution in [1.29, 1.82) is 0 Å². The van der Waals surface area contributed by atoms with Gasteiger partial charge in [-0.3, -0.25) is 9.98 Å². The van der Waals surface area contributed by atoms with E-state index in [9.17, 15) is 0 Å². The Labute approximate surface area is 175 Å². The highest BCUT2D eigenvalue weighted by atomic mass is 127. The Hall–Kier alpha value is -1.74. The Kier molecular flexibility index (Phi) is 8.24. The number of halogens is 1. The molecule has 26 heavy (non-hydrogen) atoms. The number of hydrogen-bond acceptors (Lipinski definition) is 4. The molecule has 3 rings (SSSR count). The van der Waals surface area contributed by atoms with Gasteiger partial charge in [0.1, 0.15) is 0 Å². The summed E-state index contributed by atoms with van der Waals surface area (Å²) in [6.45, 7) is 3.71. The van der Waals surface area contributed by atoms with Crippen molar-refractivity contribution in [2.75, 3.05) is 20.1 Å². The molecular weight excluding hydrogens is 457 g/mol. The molecule has 0 aliphatic heterocycles. The van der Waals surface area contributed by atoms with E-state index in [2.05, 4.69) is 56.8 Å². The zero-order chi connectivity index (χ0) is 17.5. The summed E-state index contributed by atoms with van der Waals surface area (Å²) in [5, 5.41) is 9.05. The zero-order valence-corrected chi connectivity index (χ0v) is 18.2. The summed E-state index contributed by atoms with van der Waals surface area (Å²) in [4.78, 5) is 14.4. The van der Waals surface area contributed by atoms with Crippen molar-refractivity contribution in [3.63, 3.8) is 0 Å². The van der Waals surface area contributed by atoms with Crippen LogP contribution in [0.5, 0.6) is 0 Å². The van der Waals surface area contributed by atoms with Crippen molar-refractivity contribution in [2.45, 2.75) is 19.8 Å². The number of nitrogens with one attached hydrogen (secondary N) is 2. The molecule has 0 bridgehead atoms. The number of para-hydroxylation sites is 1. The number of guanidine groups is 1. The molecule has 0 radical (unpaired) electrons. The second-order valence-electron chi connectivity index (χ2n) is 5.78. The molecule has 0 saturated heterocycles. The Morgan fingerprint density at radius 2 is 1.85 bits per heavy atom. The summed E-state index contributed by atoms with van der Waals surface area (Å²) in [5.74, 6) is 0.821. The monoisotopic (exact) mass is 481 g/mol. The van der Waals surface area contributed by atoms with Gasteiger partial charge in [0.15, 0.2) is 5.96 Å². The highest BCUT2D eigenvalue weighted by Gasteiger charge is 2.03. The smallest absolute Gasteiger partial charge is 0.191 e. The highest BCUT2D eigenvalue weighted by Crippen LogP contribution is 2.16. The predicted molar refractivity (Wildman–Crippen MR) is 121 cm³/mol. The minimum Gasteiger partial charge on any atom is -0.356 e. The fourth-order valence-corrected chi connectivity index (χ4v) is 3.50. The van der Waals surface area contributed by atoms with Gasteiger partial charge in [-0.2, -0.15) is 0 Å². The van der Waals surface area contributed by atoms with Gasteiger partial charge in [0.05, 0.1) is 10.5 Å². The molecule has 0 saturated carbocycles. The molecule has 7 heteroatoms. The summed E-state index contributed by atoms with van der Waals surface area (Å²) in [7, 11) is 1.79. The number of rotatable bonds is 6. The normalized spacial score (nSPS) is 11.2. The van der Waals surface area contributed by atoms with Crippen molar-refractivity contribution in [3.8, 4) is 0 Å². The quantitative estimate of drug-likeness (QED) is 0.321. The predicted octanol–water partition coefficient (Wildman–Crippen LogP) is 3.57. The lowest BCUT2D eigenvalue weighted by atomic mass is 10.1. The second-order valence-corrected chi connectivity index (χ2v) is 7.10. The van der Waals surface area contributed by atoms with Gasteiger partial charge >= 0.3 is 0 Å². The Bertz CT molecular complexity index is 857. The number of benzene rings is 1. The number of pyridine rings is 1. The topological polar surface area (TPSA) is 62.2 Å². The number of aliphatic imine (C=N–C) groups is 1. The van der Waals surface area contributed by atoms with Crippen LogP contribution in [0.2, 0.25) is 0 Å². The lowest BCUT2D eigenvalue weighted by Crippen LogP contribution is -2.39. The highest BCUT2D eigenvalue weighted by molar-refractivity contribution is 14.0. The van der Waals surface area contributed by atoms with Crippen LogP contribution >= 0.6 is 35.3 Å². The van der Waals surface area contributed by atoms with Crippen molar-refractivity contribution in [2.24, 2.45) is 4.99 Å². The second kappa shape index (κ2) is 10.4. The minimum absolute atomic E-state index is 0. The van der Waals surface area contributed by atoms with E-state index in [1.807, 2.05) is 18.5 Å². The van der Waals surface area contributed by atoms with Crippen LogP contribution in [0, 0.1) is 6.92 Å². The van der Waals surface area contributed by atoms with E-state index in [0.29, 0.717) is 0 Å². The Morgan fingerprint density at radius 3 is 2.58 bits per heavy atom.